The molecule has 0 saturated heterocycles. The van der Waals surface area contributed by atoms with Gasteiger partial charge < -0.3 is 10.4 Å². The summed E-state index contributed by atoms with van der Waals surface area (Å²) in [5.74, 6) is 0.473. The van der Waals surface area contributed by atoms with E-state index < -0.39 is 0 Å². The molecular weight excluding hydrogens is 438 g/mol. The number of halogens is 1. The lowest BCUT2D eigenvalue weighted by Crippen LogP contribution is -2.24. The molecule has 0 aliphatic heterocycles. The maximum Gasteiger partial charge on any atom is 0.260 e. The molecule has 0 amide bonds. The first-order valence-electron chi connectivity index (χ1n) is 11.0. The highest BCUT2D eigenvalue weighted by Gasteiger charge is 2.16. The van der Waals surface area contributed by atoms with Crippen LogP contribution < -0.4 is 10.9 Å². The molecule has 7 nitrogen and oxygen atoms in total. The predicted molar refractivity (Wildman–Crippen MR) is 133 cm³/mol. The fourth-order valence-electron chi connectivity index (χ4n) is 3.78. The van der Waals surface area contributed by atoms with Crippen LogP contribution in [0.25, 0.3) is 33.4 Å². The van der Waals surface area contributed by atoms with Crippen LogP contribution in [0.5, 0.6) is 0 Å². The number of pyridine rings is 2. The van der Waals surface area contributed by atoms with Gasteiger partial charge in [-0.1, -0.05) is 29.8 Å². The average Bonchev–Trinajstić information content (AvgIpc) is 2.81. The topological polar surface area (TPSA) is 92.9 Å². The number of aliphatic hydroxyl groups excluding tert-OH is 1. The summed E-state index contributed by atoms with van der Waals surface area (Å²) in [4.78, 5) is 27.0. The average molecular weight is 464 g/mol. The second kappa shape index (κ2) is 10.1. The third-order valence-electron chi connectivity index (χ3n) is 5.40. The van der Waals surface area contributed by atoms with Crippen LogP contribution in [0, 0.1) is 6.92 Å². The van der Waals surface area contributed by atoms with E-state index in [1.54, 1.807) is 16.8 Å². The second-order valence-electron chi connectivity index (χ2n) is 7.81. The van der Waals surface area contributed by atoms with Crippen LogP contribution in [0.4, 0.5) is 5.95 Å². The van der Waals surface area contributed by atoms with Crippen molar-refractivity contribution in [2.45, 2.75) is 33.2 Å². The normalized spacial score (nSPS) is 11.2. The molecule has 0 aliphatic carbocycles. The van der Waals surface area contributed by atoms with E-state index in [0.717, 1.165) is 22.3 Å². The van der Waals surface area contributed by atoms with Gasteiger partial charge in [-0.15, -0.1) is 0 Å². The number of anilines is 1. The molecule has 0 bridgehead atoms. The first kappa shape index (κ1) is 22.9. The van der Waals surface area contributed by atoms with Gasteiger partial charge in [-0.05, 0) is 51.0 Å². The zero-order valence-electron chi connectivity index (χ0n) is 18.7. The van der Waals surface area contributed by atoms with Gasteiger partial charge >= 0.3 is 0 Å². The van der Waals surface area contributed by atoms with Gasteiger partial charge in [0.05, 0.1) is 5.69 Å². The number of nitrogens with one attached hydrogen (secondary N) is 1. The van der Waals surface area contributed by atoms with E-state index in [9.17, 15) is 9.90 Å². The van der Waals surface area contributed by atoms with Crippen LogP contribution in [0.3, 0.4) is 0 Å². The molecule has 0 fully saturated rings. The third kappa shape index (κ3) is 4.89. The molecule has 4 aromatic rings. The molecule has 3 aromatic heterocycles. The highest BCUT2D eigenvalue weighted by atomic mass is 35.5. The molecule has 1 aromatic carbocycles. The zero-order valence-corrected chi connectivity index (χ0v) is 19.4. The summed E-state index contributed by atoms with van der Waals surface area (Å²) in [6.07, 6.45) is 2.97. The van der Waals surface area contributed by atoms with E-state index in [1.165, 1.54) is 0 Å². The van der Waals surface area contributed by atoms with Crippen molar-refractivity contribution in [2.75, 3.05) is 18.5 Å². The molecule has 0 saturated carbocycles. The van der Waals surface area contributed by atoms with Crippen LogP contribution in [0.15, 0.2) is 53.5 Å². The van der Waals surface area contributed by atoms with Gasteiger partial charge in [-0.2, -0.15) is 4.98 Å². The Hall–Kier alpha value is -3.29. The SMILES string of the molecule is CCNc1ncc2cc(-c3ccc(-c4cccc(C)n4)cc3Cl)c(=O)n(CCCCO)c2n1. The van der Waals surface area contributed by atoms with Crippen molar-refractivity contribution in [3.05, 3.63) is 69.7 Å². The lowest BCUT2D eigenvalue weighted by molar-refractivity contribution is 0.281. The Morgan fingerprint density at radius 1 is 1.09 bits per heavy atom. The van der Waals surface area contributed by atoms with Crippen LogP contribution >= 0.6 is 11.6 Å². The van der Waals surface area contributed by atoms with Crippen molar-refractivity contribution in [2.24, 2.45) is 0 Å². The van der Waals surface area contributed by atoms with Crippen LogP contribution in [0.1, 0.15) is 25.5 Å². The Labute approximate surface area is 197 Å². The quantitative estimate of drug-likeness (QED) is 0.368. The molecule has 8 heteroatoms. The van der Waals surface area contributed by atoms with Crippen molar-refractivity contribution in [1.29, 1.82) is 0 Å². The van der Waals surface area contributed by atoms with E-state index in [4.69, 9.17) is 11.6 Å². The highest BCUT2D eigenvalue weighted by Crippen LogP contribution is 2.31. The minimum Gasteiger partial charge on any atom is -0.396 e. The van der Waals surface area contributed by atoms with Crippen LogP contribution in [0.2, 0.25) is 5.02 Å². The number of rotatable bonds is 8. The Bertz CT molecular complexity index is 1350. The minimum atomic E-state index is -0.176. The maximum atomic E-state index is 13.5. The van der Waals surface area contributed by atoms with Gasteiger partial charge in [0.1, 0.15) is 5.65 Å². The summed E-state index contributed by atoms with van der Waals surface area (Å²) in [5.41, 5.74) is 4.15. The molecule has 0 aliphatic rings. The fourth-order valence-corrected chi connectivity index (χ4v) is 4.06. The molecular formula is C25H26ClN5O2. The zero-order chi connectivity index (χ0) is 23.4. The van der Waals surface area contributed by atoms with Gasteiger partial charge in [0, 0.05) is 58.7 Å². The lowest BCUT2D eigenvalue weighted by Gasteiger charge is -2.14. The smallest absolute Gasteiger partial charge is 0.260 e. The number of nitrogens with zero attached hydrogens (tertiary/aromatic N) is 4. The van der Waals surface area contributed by atoms with Crippen molar-refractivity contribution < 1.29 is 5.11 Å². The molecule has 0 spiro atoms. The molecule has 2 N–H and O–H groups in total. The highest BCUT2D eigenvalue weighted by molar-refractivity contribution is 6.33. The third-order valence-corrected chi connectivity index (χ3v) is 5.71. The largest absolute Gasteiger partial charge is 0.396 e. The summed E-state index contributed by atoms with van der Waals surface area (Å²) in [6, 6.07) is 13.2. The van der Waals surface area contributed by atoms with Crippen molar-refractivity contribution in [3.63, 3.8) is 0 Å². The Morgan fingerprint density at radius 3 is 2.67 bits per heavy atom. The predicted octanol–water partition coefficient (Wildman–Crippen LogP) is 4.69. The Kier molecular flexibility index (Phi) is 7.01. The van der Waals surface area contributed by atoms with Crippen LogP contribution in [-0.2, 0) is 6.54 Å². The number of unbranched alkanes of at least 4 members (excludes halogenated alkanes) is 1. The van der Waals surface area contributed by atoms with Crippen molar-refractivity contribution in [1.82, 2.24) is 19.5 Å². The number of aliphatic hydroxyl groups is 1. The van der Waals surface area contributed by atoms with Crippen molar-refractivity contribution in [3.8, 4) is 22.4 Å². The first-order chi connectivity index (χ1) is 16.0. The van der Waals surface area contributed by atoms with E-state index >= 15 is 0 Å². The number of benzene rings is 1. The summed E-state index contributed by atoms with van der Waals surface area (Å²) < 4.78 is 1.65. The number of hydrogen-bond acceptors (Lipinski definition) is 6. The lowest BCUT2D eigenvalue weighted by atomic mass is 10.0. The monoisotopic (exact) mass is 463 g/mol. The van der Waals surface area contributed by atoms with Gasteiger partial charge in [0.2, 0.25) is 5.95 Å². The van der Waals surface area contributed by atoms with E-state index in [1.807, 2.05) is 50.2 Å². The second-order valence-corrected chi connectivity index (χ2v) is 8.21. The first-order valence-corrected chi connectivity index (χ1v) is 11.4. The molecule has 0 radical (unpaired) electrons. The Balaban J connectivity index is 1.84. The molecule has 4 rings (SSSR count). The van der Waals surface area contributed by atoms with E-state index in [2.05, 4.69) is 20.3 Å². The Morgan fingerprint density at radius 2 is 1.94 bits per heavy atom. The number of hydrogen-bond donors (Lipinski definition) is 2. The van der Waals surface area contributed by atoms with Crippen LogP contribution in [-0.4, -0.2) is 37.8 Å². The molecule has 170 valence electrons. The van der Waals surface area contributed by atoms with Gasteiger partial charge in [-0.25, -0.2) is 4.98 Å². The molecule has 0 atom stereocenters. The molecule has 3 heterocycles. The summed E-state index contributed by atoms with van der Waals surface area (Å²) >= 11 is 6.67. The summed E-state index contributed by atoms with van der Waals surface area (Å²) in [7, 11) is 0. The number of fused-ring (bicyclic) bond motifs is 1. The minimum absolute atomic E-state index is 0.0737. The fraction of sp³-hybridized carbons (Fsp3) is 0.280. The number of aromatic nitrogens is 4. The maximum absolute atomic E-state index is 13.5. The molecule has 0 unspecified atom stereocenters. The van der Waals surface area contributed by atoms with Gasteiger partial charge in [-0.3, -0.25) is 14.3 Å². The summed E-state index contributed by atoms with van der Waals surface area (Å²) in [5, 5.41) is 13.5. The van der Waals surface area contributed by atoms with E-state index in [-0.39, 0.29) is 12.2 Å². The van der Waals surface area contributed by atoms with E-state index in [0.29, 0.717) is 53.7 Å². The van der Waals surface area contributed by atoms with Crippen molar-refractivity contribution >= 4 is 28.6 Å². The van der Waals surface area contributed by atoms with Gasteiger partial charge in [0.25, 0.3) is 5.56 Å². The standard InChI is InChI=1S/C25H26ClN5O2/c1-3-27-25-28-15-18-13-20(24(33)31(23(18)30-25)11-4-5-12-32)19-10-9-17(14-21(19)26)22-8-6-7-16(2)29-22/h6-10,13-15,32H,3-5,11-12H2,1-2H3,(H,27,28,30). The number of aryl methyl sites for hydroxylation is 2. The summed E-state index contributed by atoms with van der Waals surface area (Å²) in [6.45, 7) is 5.09. The molecule has 33 heavy (non-hydrogen) atoms. The van der Waals surface area contributed by atoms with Gasteiger partial charge in [0.15, 0.2) is 0 Å².